The van der Waals surface area contributed by atoms with Crippen molar-refractivity contribution in [2.45, 2.75) is 111 Å². The van der Waals surface area contributed by atoms with E-state index in [1.54, 1.807) is 32.8 Å². The maximum Gasteiger partial charge on any atom is 0.326 e. The Balaban J connectivity index is 2.22. The molecule has 0 aliphatic carbocycles. The Morgan fingerprint density at radius 1 is 0.900 bits per heavy atom. The minimum atomic E-state index is -1.00. The zero-order chi connectivity index (χ0) is 30.5. The number of nitrogens with zero attached hydrogens (tertiary/aromatic N) is 4. The predicted molar refractivity (Wildman–Crippen MR) is 157 cm³/mol. The number of carbonyl (C=O) groups is 4. The summed E-state index contributed by atoms with van der Waals surface area (Å²) in [5.41, 5.74) is -0.493. The lowest BCUT2D eigenvalue weighted by Gasteiger charge is -2.41. The van der Waals surface area contributed by atoms with Crippen molar-refractivity contribution in [3.05, 3.63) is 0 Å². The Bertz CT molecular complexity index is 901. The maximum absolute atomic E-state index is 14.0. The highest BCUT2D eigenvalue weighted by molar-refractivity contribution is 5.90. The zero-order valence-corrected chi connectivity index (χ0v) is 26.6. The summed E-state index contributed by atoms with van der Waals surface area (Å²) in [6, 6.07) is -2.42. The first kappa shape index (κ1) is 34.0. The average molecular weight is 566 g/mol. The number of aliphatic carboxylic acids is 1. The summed E-state index contributed by atoms with van der Waals surface area (Å²) < 4.78 is 0. The van der Waals surface area contributed by atoms with Crippen LogP contribution in [-0.2, 0) is 19.2 Å². The van der Waals surface area contributed by atoms with E-state index in [9.17, 15) is 24.3 Å². The smallest absolute Gasteiger partial charge is 0.326 e. The van der Waals surface area contributed by atoms with Gasteiger partial charge in [-0.1, -0.05) is 54.9 Å². The molecule has 0 aromatic carbocycles. The van der Waals surface area contributed by atoms with Crippen molar-refractivity contribution in [1.29, 1.82) is 0 Å². The fraction of sp³-hybridized carbons (Fsp3) is 0.867. The summed E-state index contributed by atoms with van der Waals surface area (Å²) in [4.78, 5) is 60.0. The van der Waals surface area contributed by atoms with Crippen LogP contribution in [0, 0.1) is 17.3 Å². The van der Waals surface area contributed by atoms with Crippen molar-refractivity contribution < 1.29 is 24.3 Å². The van der Waals surface area contributed by atoms with E-state index in [-0.39, 0.29) is 41.6 Å². The average Bonchev–Trinajstić information content (AvgIpc) is 3.31. The van der Waals surface area contributed by atoms with Gasteiger partial charge in [-0.25, -0.2) is 4.79 Å². The lowest BCUT2D eigenvalue weighted by atomic mass is 9.84. The third-order valence-corrected chi connectivity index (χ3v) is 8.81. The van der Waals surface area contributed by atoms with Gasteiger partial charge in [-0.2, -0.15) is 0 Å². The molecule has 0 saturated carbocycles. The van der Waals surface area contributed by atoms with Gasteiger partial charge in [-0.05, 0) is 63.1 Å². The van der Waals surface area contributed by atoms with E-state index in [2.05, 4.69) is 29.0 Å². The van der Waals surface area contributed by atoms with Crippen LogP contribution in [0.3, 0.4) is 0 Å². The van der Waals surface area contributed by atoms with E-state index < -0.39 is 29.5 Å². The van der Waals surface area contributed by atoms with E-state index >= 15 is 0 Å². The number of carboxylic acids is 1. The molecule has 2 fully saturated rings. The van der Waals surface area contributed by atoms with Crippen LogP contribution in [0.2, 0.25) is 0 Å². The van der Waals surface area contributed by atoms with Gasteiger partial charge in [0.2, 0.25) is 17.7 Å². The van der Waals surface area contributed by atoms with Crippen LogP contribution in [0.25, 0.3) is 0 Å². The first-order valence-corrected chi connectivity index (χ1v) is 15.0. The molecular weight excluding hydrogens is 510 g/mol. The van der Waals surface area contributed by atoms with Crippen LogP contribution < -0.4 is 5.32 Å². The molecule has 5 atom stereocenters. The van der Waals surface area contributed by atoms with Crippen LogP contribution in [0.4, 0.5) is 0 Å². The zero-order valence-electron chi connectivity index (χ0n) is 26.6. The van der Waals surface area contributed by atoms with Gasteiger partial charge in [-0.3, -0.25) is 24.2 Å². The minimum absolute atomic E-state index is 0.101. The molecule has 2 rings (SSSR count). The summed E-state index contributed by atoms with van der Waals surface area (Å²) in [6.07, 6.45) is 4.36. The number of hydrogen-bond donors (Lipinski definition) is 2. The van der Waals surface area contributed by atoms with Crippen molar-refractivity contribution in [1.82, 2.24) is 24.9 Å². The van der Waals surface area contributed by atoms with Gasteiger partial charge in [0.05, 0.1) is 12.1 Å². The van der Waals surface area contributed by atoms with Gasteiger partial charge in [0.1, 0.15) is 12.1 Å². The van der Waals surface area contributed by atoms with Crippen LogP contribution in [-0.4, -0.2) is 119 Å². The third-order valence-electron chi connectivity index (χ3n) is 8.81. The molecule has 2 heterocycles. The Morgan fingerprint density at radius 2 is 1.50 bits per heavy atom. The van der Waals surface area contributed by atoms with E-state index in [1.807, 2.05) is 27.8 Å². The number of rotatable bonds is 11. The maximum atomic E-state index is 14.0. The van der Waals surface area contributed by atoms with Crippen molar-refractivity contribution in [3.63, 3.8) is 0 Å². The molecule has 40 heavy (non-hydrogen) atoms. The highest BCUT2D eigenvalue weighted by Crippen LogP contribution is 2.27. The van der Waals surface area contributed by atoms with Crippen LogP contribution >= 0.6 is 0 Å². The number of carboxylic acid groups (broad SMARTS) is 1. The van der Waals surface area contributed by atoms with Gasteiger partial charge in [-0.15, -0.1) is 0 Å². The number of carbonyl (C=O) groups excluding carboxylic acids is 3. The van der Waals surface area contributed by atoms with Gasteiger partial charge in [0.25, 0.3) is 0 Å². The molecule has 2 aliphatic heterocycles. The second kappa shape index (κ2) is 14.1. The van der Waals surface area contributed by atoms with Crippen molar-refractivity contribution in [2.75, 3.05) is 40.8 Å². The van der Waals surface area contributed by atoms with E-state index in [0.29, 0.717) is 19.5 Å². The fourth-order valence-electron chi connectivity index (χ4n) is 6.28. The summed E-state index contributed by atoms with van der Waals surface area (Å²) >= 11 is 0. The van der Waals surface area contributed by atoms with Crippen molar-refractivity contribution in [3.8, 4) is 0 Å². The summed E-state index contributed by atoms with van der Waals surface area (Å²) in [5, 5.41) is 12.8. The summed E-state index contributed by atoms with van der Waals surface area (Å²) in [7, 11) is 5.33. The molecule has 2 saturated heterocycles. The Labute approximate surface area is 241 Å². The molecule has 0 spiro atoms. The molecule has 2 N–H and O–H groups in total. The molecule has 4 unspecified atom stereocenters. The highest BCUT2D eigenvalue weighted by atomic mass is 16.4. The number of amides is 3. The minimum Gasteiger partial charge on any atom is -0.480 e. The standard InChI is InChI=1S/C30H55N5O5/c1-19(2)23(18-35-17-13-15-22(35)27(37)34(10)24(20(3)4)29(39)40)33(9)28(38)25(30(5,6)7)31-26(36)21-14-11-12-16-32(21)8/h19-25H,11-18H2,1-10H3,(H,31,36)(H,39,40)/t21?,22?,23?,24?,25-/m1/s1. The predicted octanol–water partition coefficient (Wildman–Crippen LogP) is 2.52. The molecule has 0 bridgehead atoms. The van der Waals surface area contributed by atoms with E-state index in [1.165, 1.54) is 4.90 Å². The van der Waals surface area contributed by atoms with Crippen LogP contribution in [0.1, 0.15) is 80.6 Å². The quantitative estimate of drug-likeness (QED) is 0.396. The molecule has 230 valence electrons. The molecule has 10 heteroatoms. The molecular formula is C30H55N5O5. The lowest BCUT2D eigenvalue weighted by molar-refractivity contribution is -0.153. The Kier molecular flexibility index (Phi) is 12.0. The van der Waals surface area contributed by atoms with Crippen LogP contribution in [0.15, 0.2) is 0 Å². The van der Waals surface area contributed by atoms with Crippen LogP contribution in [0.5, 0.6) is 0 Å². The molecule has 0 aromatic rings. The molecule has 2 aliphatic rings. The molecule has 0 aromatic heterocycles. The fourth-order valence-corrected chi connectivity index (χ4v) is 6.28. The normalized spacial score (nSPS) is 23.1. The summed E-state index contributed by atoms with van der Waals surface area (Å²) in [6.45, 7) is 15.7. The highest BCUT2D eigenvalue weighted by Gasteiger charge is 2.42. The van der Waals surface area contributed by atoms with Crippen molar-refractivity contribution in [2.24, 2.45) is 17.3 Å². The first-order valence-electron chi connectivity index (χ1n) is 15.0. The SMILES string of the molecule is CC(C)C(CN1CCCC1C(=O)N(C)C(C(=O)O)C(C)C)N(C)C(=O)[C@@H](NC(=O)C1CCCCN1C)C(C)(C)C. The second-order valence-electron chi connectivity index (χ2n) is 13.7. The molecule has 0 radical (unpaired) electrons. The van der Waals surface area contributed by atoms with Gasteiger partial charge in [0.15, 0.2) is 0 Å². The number of likely N-dealkylation sites (tertiary alicyclic amines) is 2. The molecule has 10 nitrogen and oxygen atoms in total. The third kappa shape index (κ3) is 8.18. The van der Waals surface area contributed by atoms with Crippen molar-refractivity contribution >= 4 is 23.7 Å². The number of piperidine rings is 1. The number of nitrogens with one attached hydrogen (secondary N) is 1. The lowest BCUT2D eigenvalue weighted by Crippen LogP contribution is -2.61. The second-order valence-corrected chi connectivity index (χ2v) is 13.7. The Hall–Kier alpha value is -2.20. The summed E-state index contributed by atoms with van der Waals surface area (Å²) in [5.74, 6) is -1.54. The Morgan fingerprint density at radius 3 is 2.00 bits per heavy atom. The van der Waals surface area contributed by atoms with Gasteiger partial charge < -0.3 is 20.2 Å². The van der Waals surface area contributed by atoms with E-state index in [0.717, 1.165) is 32.2 Å². The van der Waals surface area contributed by atoms with Gasteiger partial charge in [0, 0.05) is 26.7 Å². The number of likely N-dealkylation sites (N-methyl/N-ethyl adjacent to an activating group) is 3. The largest absolute Gasteiger partial charge is 0.480 e. The number of hydrogen-bond acceptors (Lipinski definition) is 6. The monoisotopic (exact) mass is 565 g/mol. The van der Waals surface area contributed by atoms with E-state index in [4.69, 9.17) is 0 Å². The topological polar surface area (TPSA) is 113 Å². The first-order chi connectivity index (χ1) is 18.5. The molecule has 3 amide bonds. The van der Waals surface area contributed by atoms with Gasteiger partial charge >= 0.3 is 5.97 Å².